The second kappa shape index (κ2) is 8.26. The lowest BCUT2D eigenvalue weighted by Gasteiger charge is -2.24. The number of para-hydroxylation sites is 1. The number of nitrogens with one attached hydrogen (secondary N) is 1. The van der Waals surface area contributed by atoms with Crippen LogP contribution in [0.4, 0.5) is 5.69 Å². The largest absolute Gasteiger partial charge is 0.285 e. The molecule has 0 aliphatic carbocycles. The van der Waals surface area contributed by atoms with Gasteiger partial charge in [-0.2, -0.15) is 0 Å². The van der Waals surface area contributed by atoms with Crippen molar-refractivity contribution in [1.82, 2.24) is 10.4 Å². The third-order valence-corrected chi connectivity index (χ3v) is 6.17. The van der Waals surface area contributed by atoms with Crippen LogP contribution in [0.15, 0.2) is 47.4 Å². The van der Waals surface area contributed by atoms with E-state index in [1.54, 1.807) is 51.4 Å². The van der Waals surface area contributed by atoms with Gasteiger partial charge in [-0.1, -0.05) is 41.4 Å². The van der Waals surface area contributed by atoms with Crippen LogP contribution in [0, 0.1) is 0 Å². The van der Waals surface area contributed by atoms with E-state index < -0.39 is 15.9 Å². The minimum Gasteiger partial charge on any atom is -0.285 e. The van der Waals surface area contributed by atoms with E-state index in [-0.39, 0.29) is 27.0 Å². The number of sulfonamides is 1. The first-order valence-corrected chi connectivity index (χ1v) is 9.93. The Morgan fingerprint density at radius 2 is 1.69 bits per heavy atom. The fraction of sp³-hybridized carbons (Fsp3) is 0.235. The van der Waals surface area contributed by atoms with Gasteiger partial charge in [0.1, 0.15) is 4.90 Å². The Hall–Kier alpha value is -1.80. The molecule has 0 radical (unpaired) electrons. The van der Waals surface area contributed by atoms with Gasteiger partial charge >= 0.3 is 0 Å². The smallest absolute Gasteiger partial charge is 0.267 e. The van der Waals surface area contributed by atoms with Crippen LogP contribution in [-0.4, -0.2) is 40.0 Å². The summed E-state index contributed by atoms with van der Waals surface area (Å²) in [5, 5.41) is 1.45. The van der Waals surface area contributed by atoms with Crippen molar-refractivity contribution in [2.75, 3.05) is 24.9 Å². The second-order valence-corrected chi connectivity index (χ2v) is 8.25. The number of hydrazine groups is 1. The molecule has 1 N–H and O–H groups in total. The van der Waals surface area contributed by atoms with Crippen LogP contribution in [0.3, 0.4) is 0 Å². The number of carbonyl (C=O) groups is 1. The molecule has 0 saturated carbocycles. The molecule has 0 atom stereocenters. The van der Waals surface area contributed by atoms with Gasteiger partial charge in [-0.25, -0.2) is 13.4 Å². The Morgan fingerprint density at radius 3 is 2.23 bits per heavy atom. The molecule has 0 aliphatic rings. The van der Waals surface area contributed by atoms with Gasteiger partial charge in [0, 0.05) is 20.6 Å². The summed E-state index contributed by atoms with van der Waals surface area (Å²) in [5.41, 5.74) is 3.05. The van der Waals surface area contributed by atoms with Gasteiger partial charge in [0.25, 0.3) is 15.9 Å². The third kappa shape index (κ3) is 4.29. The summed E-state index contributed by atoms with van der Waals surface area (Å²) in [7, 11) is -0.722. The Morgan fingerprint density at radius 1 is 1.08 bits per heavy atom. The van der Waals surface area contributed by atoms with Crippen LogP contribution >= 0.6 is 23.2 Å². The predicted octanol–water partition coefficient (Wildman–Crippen LogP) is 3.42. The molecular formula is C17H19Cl2N3O3S. The molecule has 6 nitrogen and oxygen atoms in total. The number of amides is 1. The molecule has 1 amide bonds. The van der Waals surface area contributed by atoms with Gasteiger partial charge in [0.2, 0.25) is 0 Å². The molecule has 0 fully saturated rings. The molecule has 0 aromatic heterocycles. The summed E-state index contributed by atoms with van der Waals surface area (Å²) in [5.74, 6) is -0.532. The summed E-state index contributed by atoms with van der Waals surface area (Å²) < 4.78 is 27.5. The highest BCUT2D eigenvalue weighted by Gasteiger charge is 2.28. The predicted molar refractivity (Wildman–Crippen MR) is 104 cm³/mol. The Kier molecular flexibility index (Phi) is 6.52. The van der Waals surface area contributed by atoms with E-state index in [0.717, 1.165) is 0 Å². The number of rotatable bonds is 6. The van der Waals surface area contributed by atoms with Crippen LogP contribution in [0.1, 0.15) is 17.3 Å². The zero-order chi connectivity index (χ0) is 19.5. The molecule has 0 saturated heterocycles. The maximum Gasteiger partial charge on any atom is 0.267 e. The highest BCUT2D eigenvalue weighted by molar-refractivity contribution is 7.93. The number of anilines is 1. The molecule has 0 heterocycles. The average Bonchev–Trinajstić information content (AvgIpc) is 2.55. The number of nitrogens with zero attached hydrogens (tertiary/aromatic N) is 2. The fourth-order valence-corrected chi connectivity index (χ4v) is 4.68. The SMILES string of the molecule is CCN(c1ccccc1)S(=O)(=O)c1cc(C(=O)NN(C)C)c(Cl)cc1Cl. The number of hydrogen-bond acceptors (Lipinski definition) is 4. The number of benzene rings is 2. The number of carbonyl (C=O) groups excluding carboxylic acids is 1. The standard InChI is InChI=1S/C17H19Cl2N3O3S/c1-4-22(12-8-6-5-7-9-12)26(24,25)16-10-13(14(18)11-15(16)19)17(23)20-21(2)3/h5-11H,4H2,1-3H3,(H,20,23). The monoisotopic (exact) mass is 415 g/mol. The molecule has 0 spiro atoms. The van der Waals surface area contributed by atoms with Crippen LogP contribution in [0.5, 0.6) is 0 Å². The van der Waals surface area contributed by atoms with E-state index in [1.165, 1.54) is 21.4 Å². The first-order chi connectivity index (χ1) is 12.2. The molecule has 2 rings (SSSR count). The van der Waals surface area contributed by atoms with Gasteiger partial charge < -0.3 is 0 Å². The van der Waals surface area contributed by atoms with Crippen LogP contribution < -0.4 is 9.73 Å². The normalized spacial score (nSPS) is 11.5. The lowest BCUT2D eigenvalue weighted by Crippen LogP contribution is -2.36. The maximum atomic E-state index is 13.1. The van der Waals surface area contributed by atoms with E-state index in [1.807, 2.05) is 0 Å². The molecule has 140 valence electrons. The molecule has 2 aromatic carbocycles. The second-order valence-electron chi connectivity index (χ2n) is 5.60. The van der Waals surface area contributed by atoms with Crippen molar-refractivity contribution in [3.63, 3.8) is 0 Å². The van der Waals surface area contributed by atoms with E-state index >= 15 is 0 Å². The highest BCUT2D eigenvalue weighted by Crippen LogP contribution is 2.32. The van der Waals surface area contributed by atoms with Crippen LogP contribution in [0.25, 0.3) is 0 Å². The lowest BCUT2D eigenvalue weighted by atomic mass is 10.2. The van der Waals surface area contributed by atoms with Crippen LogP contribution in [-0.2, 0) is 10.0 Å². The summed E-state index contributed by atoms with van der Waals surface area (Å²) in [6.07, 6.45) is 0. The topological polar surface area (TPSA) is 69.7 Å². The third-order valence-electron chi connectivity index (χ3n) is 3.49. The highest BCUT2D eigenvalue weighted by atomic mass is 35.5. The van der Waals surface area contributed by atoms with Crippen molar-refractivity contribution < 1.29 is 13.2 Å². The minimum absolute atomic E-state index is 0.0208. The van der Waals surface area contributed by atoms with Crippen molar-refractivity contribution in [2.45, 2.75) is 11.8 Å². The average molecular weight is 416 g/mol. The first kappa shape index (κ1) is 20.5. The Balaban J connectivity index is 2.57. The minimum atomic E-state index is -3.99. The number of halogens is 2. The molecule has 0 bridgehead atoms. The van der Waals surface area contributed by atoms with E-state index in [9.17, 15) is 13.2 Å². The van der Waals surface area contributed by atoms with Gasteiger partial charge in [-0.05, 0) is 31.2 Å². The first-order valence-electron chi connectivity index (χ1n) is 7.73. The van der Waals surface area contributed by atoms with Crippen molar-refractivity contribution in [1.29, 1.82) is 0 Å². The van der Waals surface area contributed by atoms with E-state index in [2.05, 4.69) is 5.43 Å². The van der Waals surface area contributed by atoms with Gasteiger partial charge in [0.15, 0.2) is 0 Å². The van der Waals surface area contributed by atoms with Crippen molar-refractivity contribution in [3.8, 4) is 0 Å². The van der Waals surface area contributed by atoms with Crippen molar-refractivity contribution in [2.24, 2.45) is 0 Å². The van der Waals surface area contributed by atoms with Gasteiger partial charge in [-0.15, -0.1) is 0 Å². The molecule has 0 aliphatic heterocycles. The number of hydrogen-bond donors (Lipinski definition) is 1. The summed E-state index contributed by atoms with van der Waals surface area (Å²) in [6, 6.07) is 11.1. The fourth-order valence-electron chi connectivity index (χ4n) is 2.37. The lowest BCUT2D eigenvalue weighted by molar-refractivity contribution is 0.0857. The molecular weight excluding hydrogens is 397 g/mol. The summed E-state index contributed by atoms with van der Waals surface area (Å²) in [4.78, 5) is 12.1. The Labute approximate surface area is 163 Å². The van der Waals surface area contributed by atoms with Crippen molar-refractivity contribution >= 4 is 44.8 Å². The zero-order valence-electron chi connectivity index (χ0n) is 14.5. The Bertz CT molecular complexity index is 903. The molecule has 26 heavy (non-hydrogen) atoms. The molecule has 0 unspecified atom stereocenters. The molecule has 9 heteroatoms. The zero-order valence-corrected chi connectivity index (χ0v) is 16.9. The van der Waals surface area contributed by atoms with Crippen molar-refractivity contribution in [3.05, 3.63) is 58.1 Å². The van der Waals surface area contributed by atoms with Gasteiger partial charge in [0.05, 0.1) is 21.3 Å². The maximum absolute atomic E-state index is 13.1. The summed E-state index contributed by atoms with van der Waals surface area (Å²) >= 11 is 12.2. The van der Waals surface area contributed by atoms with E-state index in [0.29, 0.717) is 5.69 Å². The van der Waals surface area contributed by atoms with Crippen LogP contribution in [0.2, 0.25) is 10.0 Å². The molecule has 2 aromatic rings. The van der Waals surface area contributed by atoms with E-state index in [4.69, 9.17) is 23.2 Å². The summed E-state index contributed by atoms with van der Waals surface area (Å²) in [6.45, 7) is 1.92. The van der Waals surface area contributed by atoms with Gasteiger partial charge in [-0.3, -0.25) is 14.5 Å². The quantitative estimate of drug-likeness (QED) is 0.733.